The lowest BCUT2D eigenvalue weighted by atomic mass is 9.83. The van der Waals surface area contributed by atoms with E-state index < -0.39 is 0 Å². The second kappa shape index (κ2) is 5.25. The molecule has 0 fully saturated rings. The van der Waals surface area contributed by atoms with Gasteiger partial charge in [-0.15, -0.1) is 0 Å². The summed E-state index contributed by atoms with van der Waals surface area (Å²) in [7, 11) is 3.25. The monoisotopic (exact) mass is 246 g/mol. The third-order valence-corrected chi connectivity index (χ3v) is 3.37. The zero-order chi connectivity index (χ0) is 13.1. The summed E-state index contributed by atoms with van der Waals surface area (Å²) in [5.41, 5.74) is 2.07. The number of ketones is 1. The molecule has 0 saturated carbocycles. The number of benzene rings is 1. The molecule has 1 aliphatic rings. The number of hydrogen-bond acceptors (Lipinski definition) is 3. The minimum absolute atomic E-state index is 0.112. The van der Waals surface area contributed by atoms with Crippen molar-refractivity contribution < 1.29 is 14.3 Å². The molecule has 0 spiro atoms. The maximum atomic E-state index is 12.1. The van der Waals surface area contributed by atoms with Gasteiger partial charge in [-0.1, -0.05) is 5.57 Å². The van der Waals surface area contributed by atoms with Crippen molar-refractivity contribution in [2.75, 3.05) is 14.2 Å². The van der Waals surface area contributed by atoms with Crippen LogP contribution in [-0.2, 0) is 4.79 Å². The van der Waals surface area contributed by atoms with Gasteiger partial charge < -0.3 is 9.47 Å². The number of carbonyl (C=O) groups is 1. The van der Waals surface area contributed by atoms with E-state index >= 15 is 0 Å². The zero-order valence-corrected chi connectivity index (χ0v) is 11.0. The first-order valence-corrected chi connectivity index (χ1v) is 6.08. The third-order valence-electron chi connectivity index (χ3n) is 3.37. The summed E-state index contributed by atoms with van der Waals surface area (Å²) in [5, 5.41) is 0. The van der Waals surface area contributed by atoms with Crippen LogP contribution in [0.1, 0.15) is 31.2 Å². The Morgan fingerprint density at radius 2 is 2.00 bits per heavy atom. The zero-order valence-electron chi connectivity index (χ0n) is 11.0. The van der Waals surface area contributed by atoms with E-state index in [0.717, 1.165) is 35.5 Å². The van der Waals surface area contributed by atoms with E-state index in [1.165, 1.54) is 0 Å². The van der Waals surface area contributed by atoms with Crippen molar-refractivity contribution in [3.63, 3.8) is 0 Å². The van der Waals surface area contributed by atoms with Crippen molar-refractivity contribution in [3.05, 3.63) is 35.4 Å². The number of carbonyl (C=O) groups excluding carboxylic acids is 1. The van der Waals surface area contributed by atoms with E-state index in [0.29, 0.717) is 0 Å². The minimum atomic E-state index is -0.112. The van der Waals surface area contributed by atoms with E-state index in [-0.39, 0.29) is 11.7 Å². The molecule has 0 aromatic heterocycles. The fourth-order valence-electron chi connectivity index (χ4n) is 2.35. The molecular formula is C15H18O3. The highest BCUT2D eigenvalue weighted by molar-refractivity contribution is 5.97. The lowest BCUT2D eigenvalue weighted by Gasteiger charge is -2.22. The van der Waals surface area contributed by atoms with E-state index in [9.17, 15) is 4.79 Å². The molecule has 1 aromatic rings. The highest BCUT2D eigenvalue weighted by atomic mass is 16.5. The van der Waals surface area contributed by atoms with Gasteiger partial charge in [-0.2, -0.15) is 0 Å². The Kier molecular flexibility index (Phi) is 3.70. The Bertz CT molecular complexity index is 489. The summed E-state index contributed by atoms with van der Waals surface area (Å²) in [4.78, 5) is 12.1. The average molecular weight is 246 g/mol. The lowest BCUT2D eigenvalue weighted by Crippen LogP contribution is -2.16. The van der Waals surface area contributed by atoms with Crippen LogP contribution in [-0.4, -0.2) is 20.0 Å². The molecule has 96 valence electrons. The smallest absolute Gasteiger partial charge is 0.163 e. The molecule has 0 aliphatic heterocycles. The molecule has 18 heavy (non-hydrogen) atoms. The molecule has 0 N–H and O–H groups in total. The van der Waals surface area contributed by atoms with Gasteiger partial charge in [-0.3, -0.25) is 4.79 Å². The molecule has 0 saturated heterocycles. The Labute approximate surface area is 107 Å². The summed E-state index contributed by atoms with van der Waals surface area (Å²) in [6, 6.07) is 5.60. The normalized spacial score (nSPS) is 19.4. The van der Waals surface area contributed by atoms with Crippen LogP contribution in [0.5, 0.6) is 11.5 Å². The standard InChI is InChI=1S/C15H18O3/c1-10-4-6-12(14(16)8-10)13-9-11(17-2)5-7-15(13)18-3/h5,7-9,12H,4,6H2,1-3H3. The van der Waals surface area contributed by atoms with Gasteiger partial charge in [-0.25, -0.2) is 0 Å². The Hall–Kier alpha value is -1.77. The highest BCUT2D eigenvalue weighted by Gasteiger charge is 2.25. The van der Waals surface area contributed by atoms with Crippen LogP contribution in [0.15, 0.2) is 29.8 Å². The van der Waals surface area contributed by atoms with E-state index in [4.69, 9.17) is 9.47 Å². The maximum absolute atomic E-state index is 12.1. The van der Waals surface area contributed by atoms with E-state index in [1.54, 1.807) is 20.3 Å². The lowest BCUT2D eigenvalue weighted by molar-refractivity contribution is -0.116. The van der Waals surface area contributed by atoms with Crippen molar-refractivity contribution in [3.8, 4) is 11.5 Å². The Morgan fingerprint density at radius 1 is 1.22 bits per heavy atom. The molecule has 0 amide bonds. The number of rotatable bonds is 3. The van der Waals surface area contributed by atoms with Gasteiger partial charge in [-0.05, 0) is 44.0 Å². The molecule has 0 radical (unpaired) electrons. The second-order valence-electron chi connectivity index (χ2n) is 4.59. The summed E-state index contributed by atoms with van der Waals surface area (Å²) >= 11 is 0. The topological polar surface area (TPSA) is 35.5 Å². The van der Waals surface area contributed by atoms with Crippen LogP contribution in [0.3, 0.4) is 0 Å². The fourth-order valence-corrected chi connectivity index (χ4v) is 2.35. The van der Waals surface area contributed by atoms with Crippen LogP contribution < -0.4 is 9.47 Å². The second-order valence-corrected chi connectivity index (χ2v) is 4.59. The molecule has 1 unspecified atom stereocenters. The quantitative estimate of drug-likeness (QED) is 0.822. The van der Waals surface area contributed by atoms with Crippen molar-refractivity contribution >= 4 is 5.78 Å². The predicted octanol–water partition coefficient (Wildman–Crippen LogP) is 3.10. The first-order valence-electron chi connectivity index (χ1n) is 6.08. The van der Waals surface area contributed by atoms with Gasteiger partial charge >= 0.3 is 0 Å². The minimum Gasteiger partial charge on any atom is -0.497 e. The van der Waals surface area contributed by atoms with Gasteiger partial charge in [0.1, 0.15) is 11.5 Å². The van der Waals surface area contributed by atoms with Crippen LogP contribution >= 0.6 is 0 Å². The van der Waals surface area contributed by atoms with Gasteiger partial charge in [0.25, 0.3) is 0 Å². The van der Waals surface area contributed by atoms with Crippen LogP contribution in [0.2, 0.25) is 0 Å². The first kappa shape index (κ1) is 12.7. The van der Waals surface area contributed by atoms with Crippen LogP contribution in [0, 0.1) is 0 Å². The number of hydrogen-bond donors (Lipinski definition) is 0. The van der Waals surface area contributed by atoms with E-state index in [1.807, 2.05) is 25.1 Å². The molecule has 1 atom stereocenters. The van der Waals surface area contributed by atoms with Crippen molar-refractivity contribution in [1.29, 1.82) is 0 Å². The van der Waals surface area contributed by atoms with Crippen LogP contribution in [0.25, 0.3) is 0 Å². The SMILES string of the molecule is COc1ccc(OC)c(C2CCC(C)=CC2=O)c1. The highest BCUT2D eigenvalue weighted by Crippen LogP contribution is 2.36. The summed E-state index contributed by atoms with van der Waals surface area (Å²) in [6.07, 6.45) is 3.54. The van der Waals surface area contributed by atoms with Gasteiger partial charge in [0, 0.05) is 5.56 Å². The molecule has 1 aromatic carbocycles. The van der Waals surface area contributed by atoms with Crippen molar-refractivity contribution in [1.82, 2.24) is 0 Å². The van der Waals surface area contributed by atoms with Gasteiger partial charge in [0.15, 0.2) is 5.78 Å². The van der Waals surface area contributed by atoms with E-state index in [2.05, 4.69) is 0 Å². The fraction of sp³-hybridized carbons (Fsp3) is 0.400. The van der Waals surface area contributed by atoms with Crippen LogP contribution in [0.4, 0.5) is 0 Å². The van der Waals surface area contributed by atoms with Gasteiger partial charge in [0.2, 0.25) is 0 Å². The summed E-state index contributed by atoms with van der Waals surface area (Å²) in [6.45, 7) is 2.00. The summed E-state index contributed by atoms with van der Waals surface area (Å²) in [5.74, 6) is 1.55. The third kappa shape index (κ3) is 2.40. The molecule has 3 heteroatoms. The molecule has 1 aliphatic carbocycles. The molecule has 0 bridgehead atoms. The number of ether oxygens (including phenoxy) is 2. The van der Waals surface area contributed by atoms with Gasteiger partial charge in [0.05, 0.1) is 20.1 Å². The molecule has 2 rings (SSSR count). The Balaban J connectivity index is 2.40. The average Bonchev–Trinajstić information content (AvgIpc) is 2.38. The molecule has 3 nitrogen and oxygen atoms in total. The number of allylic oxidation sites excluding steroid dienone is 2. The number of methoxy groups -OCH3 is 2. The predicted molar refractivity (Wildman–Crippen MR) is 70.3 cm³/mol. The summed E-state index contributed by atoms with van der Waals surface area (Å²) < 4.78 is 10.6. The Morgan fingerprint density at radius 3 is 2.61 bits per heavy atom. The van der Waals surface area contributed by atoms with Crippen molar-refractivity contribution in [2.45, 2.75) is 25.7 Å². The molecular weight excluding hydrogens is 228 g/mol. The van der Waals surface area contributed by atoms with Crippen molar-refractivity contribution in [2.24, 2.45) is 0 Å². The first-order chi connectivity index (χ1) is 8.65. The largest absolute Gasteiger partial charge is 0.497 e. The molecule has 0 heterocycles. The maximum Gasteiger partial charge on any atom is 0.163 e.